The number of imide groups is 1. The molecule has 4 aliphatic rings. The molecule has 16 nitrogen and oxygen atoms in total. The molecule has 1 aliphatic carbocycles. The number of amides is 3. The summed E-state index contributed by atoms with van der Waals surface area (Å²) in [4.78, 5) is 60.5. The van der Waals surface area contributed by atoms with E-state index in [1.807, 2.05) is 18.2 Å². The predicted octanol–water partition coefficient (Wildman–Crippen LogP) is 3.65. The van der Waals surface area contributed by atoms with Gasteiger partial charge in [0, 0.05) is 76.8 Å². The first kappa shape index (κ1) is 39.7. The molecule has 9 rings (SSSR count). The van der Waals surface area contributed by atoms with Crippen LogP contribution in [-0.4, -0.2) is 114 Å². The van der Waals surface area contributed by atoms with Crippen LogP contribution < -0.4 is 16.3 Å². The molecule has 0 radical (unpaired) electrons. The number of aryl methyl sites for hydroxylation is 1. The number of halogens is 2. The normalized spacial score (nSPS) is 23.0. The van der Waals surface area contributed by atoms with Crippen molar-refractivity contribution in [1.29, 1.82) is 0 Å². The van der Waals surface area contributed by atoms with Crippen LogP contribution in [0.4, 0.5) is 14.5 Å². The number of hydrogen-bond donors (Lipinski definition) is 2. The Morgan fingerprint density at radius 3 is 2.58 bits per heavy atom. The van der Waals surface area contributed by atoms with E-state index in [0.717, 1.165) is 70.5 Å². The van der Waals surface area contributed by atoms with Crippen LogP contribution in [0.2, 0.25) is 0 Å². The summed E-state index contributed by atoms with van der Waals surface area (Å²) >= 11 is 0. The average molecular weight is 824 g/mol. The Kier molecular flexibility index (Phi) is 11.0. The summed E-state index contributed by atoms with van der Waals surface area (Å²) in [5.74, 6) is 5.81. The molecule has 3 amide bonds. The number of rotatable bonds is 9. The zero-order chi connectivity index (χ0) is 41.5. The highest BCUT2D eigenvalue weighted by Gasteiger charge is 2.32. The number of hydrogen-bond acceptors (Lipinski definition) is 10. The summed E-state index contributed by atoms with van der Waals surface area (Å²) in [6.07, 6.45) is 6.62. The second-order valence-corrected chi connectivity index (χ2v) is 16.3. The van der Waals surface area contributed by atoms with Gasteiger partial charge in [0.2, 0.25) is 11.8 Å². The largest absolute Gasteiger partial charge is 0.381 e. The summed E-state index contributed by atoms with van der Waals surface area (Å²) < 4.78 is 40.0. The molecule has 2 N–H and O–H groups in total. The number of alkyl halides is 2. The highest BCUT2D eigenvalue weighted by molar-refractivity contribution is 6.08. The molecule has 3 saturated heterocycles. The Hall–Kier alpha value is -5.77. The van der Waals surface area contributed by atoms with Gasteiger partial charge in [-0.1, -0.05) is 17.9 Å². The lowest BCUT2D eigenvalue weighted by Gasteiger charge is -2.37. The van der Waals surface area contributed by atoms with Crippen molar-refractivity contribution >= 4 is 40.1 Å². The minimum absolute atomic E-state index is 0.00841. The minimum Gasteiger partial charge on any atom is -0.381 e. The molecular weight excluding hydrogens is 777 g/mol. The standard InChI is InChI=1S/C42H47F2N11O5/c1-50-37-27(4-2-6-33(37)55(42(50)59)34-11-12-35(56)48-41(34)58)5-3-15-51-17-19-52(20-18-51)23-26-7-9-29(10-8-26)54-24-32(36(49-54)38(43)44)47-40(57)30-22-45-53-16-13-31(46-39(30)53)28-14-21-60-25-28/h2,4,6,13,16,22,24,26,28-29,34,38H,7-12,14-15,17-21,23,25H2,1H3,(H,47,57)(H,48,56,58)/t26-,28-,29-,34?/m0/s1. The number of benzene rings is 1. The summed E-state index contributed by atoms with van der Waals surface area (Å²) in [6, 6.07) is 6.58. The van der Waals surface area contributed by atoms with Gasteiger partial charge in [-0.25, -0.2) is 23.1 Å². The van der Waals surface area contributed by atoms with Gasteiger partial charge in [0.1, 0.15) is 11.6 Å². The van der Waals surface area contributed by atoms with Gasteiger partial charge in [-0.3, -0.25) is 38.4 Å². The number of anilines is 1. The molecule has 4 aromatic heterocycles. The molecule has 0 bridgehead atoms. The topological polar surface area (TPSA) is 166 Å². The van der Waals surface area contributed by atoms with Crippen LogP contribution in [-0.2, 0) is 21.4 Å². The third-order valence-electron chi connectivity index (χ3n) is 12.5. The fourth-order valence-corrected chi connectivity index (χ4v) is 9.18. The number of piperidine rings is 1. The Balaban J connectivity index is 0.769. The summed E-state index contributed by atoms with van der Waals surface area (Å²) in [5, 5.41) is 13.5. The van der Waals surface area contributed by atoms with E-state index < -0.39 is 30.0 Å². The van der Waals surface area contributed by atoms with Crippen molar-refractivity contribution in [1.82, 2.24) is 48.6 Å². The molecule has 4 fully saturated rings. The second kappa shape index (κ2) is 16.7. The first-order chi connectivity index (χ1) is 29.1. The maximum Gasteiger partial charge on any atom is 0.329 e. The van der Waals surface area contributed by atoms with Gasteiger partial charge < -0.3 is 15.0 Å². The van der Waals surface area contributed by atoms with Gasteiger partial charge in [-0.15, -0.1) is 0 Å². The number of carbonyl (C=O) groups is 3. The number of piperazine rings is 1. The molecule has 60 heavy (non-hydrogen) atoms. The van der Waals surface area contributed by atoms with Crippen LogP contribution in [0, 0.1) is 17.8 Å². The number of nitrogens with zero attached hydrogens (tertiary/aromatic N) is 9. The predicted molar refractivity (Wildman–Crippen MR) is 216 cm³/mol. The number of aromatic nitrogens is 7. The Bertz CT molecular complexity index is 2560. The van der Waals surface area contributed by atoms with Crippen molar-refractivity contribution in [2.45, 2.75) is 69.4 Å². The van der Waals surface area contributed by atoms with E-state index >= 15 is 0 Å². The molecule has 18 heteroatoms. The van der Waals surface area contributed by atoms with Crippen LogP contribution >= 0.6 is 0 Å². The van der Waals surface area contributed by atoms with E-state index in [1.54, 1.807) is 24.0 Å². The van der Waals surface area contributed by atoms with E-state index in [0.29, 0.717) is 47.9 Å². The maximum absolute atomic E-state index is 14.2. The number of nitrogens with one attached hydrogen (secondary N) is 2. The van der Waals surface area contributed by atoms with Gasteiger partial charge in [-0.2, -0.15) is 10.2 Å². The van der Waals surface area contributed by atoms with Crippen molar-refractivity contribution in [3.63, 3.8) is 0 Å². The lowest BCUT2D eigenvalue weighted by molar-refractivity contribution is -0.135. The van der Waals surface area contributed by atoms with Crippen LogP contribution in [0.1, 0.15) is 96.7 Å². The first-order valence-corrected chi connectivity index (χ1v) is 20.7. The van der Waals surface area contributed by atoms with Gasteiger partial charge in [0.05, 0.1) is 47.7 Å². The highest BCUT2D eigenvalue weighted by Crippen LogP contribution is 2.36. The van der Waals surface area contributed by atoms with E-state index in [9.17, 15) is 28.0 Å². The SMILES string of the molecule is Cn1c(=O)n(C2CCC(=O)NC2=O)c2cccc(C#CCN3CCN(C[C@H]4CC[C@H](n5cc(NC(=O)c6cnn7ccc([C@H]8CCOC8)nc67)c(C(F)F)n5)CC4)CC3)c21. The van der Waals surface area contributed by atoms with Crippen molar-refractivity contribution in [3.8, 4) is 11.8 Å². The van der Waals surface area contributed by atoms with Crippen molar-refractivity contribution < 1.29 is 27.9 Å². The second-order valence-electron chi connectivity index (χ2n) is 16.3. The Labute approximate surface area is 343 Å². The minimum atomic E-state index is -2.86. The van der Waals surface area contributed by atoms with E-state index in [4.69, 9.17) is 4.74 Å². The smallest absolute Gasteiger partial charge is 0.329 e. The highest BCUT2D eigenvalue weighted by atomic mass is 19.3. The van der Waals surface area contributed by atoms with Crippen molar-refractivity contribution in [2.75, 3.05) is 57.8 Å². The Morgan fingerprint density at radius 1 is 1.03 bits per heavy atom. The lowest BCUT2D eigenvalue weighted by atomic mass is 9.85. The van der Waals surface area contributed by atoms with Gasteiger partial charge >= 0.3 is 5.69 Å². The zero-order valence-corrected chi connectivity index (χ0v) is 33.4. The van der Waals surface area contributed by atoms with Crippen LogP contribution in [0.25, 0.3) is 16.7 Å². The fraction of sp³-hybridized carbons (Fsp3) is 0.500. The quantitative estimate of drug-likeness (QED) is 0.166. The number of ether oxygens (including phenoxy) is 1. The maximum atomic E-state index is 14.2. The molecule has 1 saturated carbocycles. The molecule has 5 aromatic rings. The molecule has 2 atom stereocenters. The number of fused-ring (bicyclic) bond motifs is 2. The zero-order valence-electron chi connectivity index (χ0n) is 33.4. The summed E-state index contributed by atoms with van der Waals surface area (Å²) in [5.41, 5.74) is 2.57. The van der Waals surface area contributed by atoms with E-state index in [1.165, 1.54) is 26.0 Å². The third kappa shape index (κ3) is 7.84. The number of imidazole rings is 1. The lowest BCUT2D eigenvalue weighted by Crippen LogP contribution is -2.48. The molecular formula is C42H47F2N11O5. The molecule has 7 heterocycles. The third-order valence-corrected chi connectivity index (χ3v) is 12.5. The summed E-state index contributed by atoms with van der Waals surface area (Å²) in [7, 11) is 1.67. The van der Waals surface area contributed by atoms with Crippen LogP contribution in [0.15, 0.2) is 47.7 Å². The van der Waals surface area contributed by atoms with Gasteiger partial charge in [0.15, 0.2) is 11.3 Å². The van der Waals surface area contributed by atoms with Crippen molar-refractivity contribution in [3.05, 3.63) is 75.9 Å². The van der Waals surface area contributed by atoms with Crippen molar-refractivity contribution in [2.24, 2.45) is 13.0 Å². The number of carbonyl (C=O) groups excluding carboxylic acids is 3. The van der Waals surface area contributed by atoms with Gasteiger partial charge in [0.25, 0.3) is 12.3 Å². The summed E-state index contributed by atoms with van der Waals surface area (Å²) in [6.45, 7) is 6.35. The monoisotopic (exact) mass is 823 g/mol. The van der Waals surface area contributed by atoms with E-state index in [-0.39, 0.29) is 47.6 Å². The van der Waals surface area contributed by atoms with Crippen LogP contribution in [0.3, 0.4) is 0 Å². The van der Waals surface area contributed by atoms with Gasteiger partial charge in [-0.05, 0) is 62.6 Å². The molecule has 314 valence electrons. The molecule has 1 aromatic carbocycles. The van der Waals surface area contributed by atoms with Crippen LogP contribution in [0.5, 0.6) is 0 Å². The first-order valence-electron chi connectivity index (χ1n) is 20.7. The number of para-hydroxylation sites is 1. The Morgan fingerprint density at radius 2 is 1.83 bits per heavy atom. The fourth-order valence-electron chi connectivity index (χ4n) is 9.18. The molecule has 3 aliphatic heterocycles. The van der Waals surface area contributed by atoms with E-state index in [2.05, 4.69) is 47.5 Å². The molecule has 1 unspecified atom stereocenters. The average Bonchev–Trinajstić information content (AvgIpc) is 4.06. The molecule has 0 spiro atoms.